The first-order chi connectivity index (χ1) is 10.9. The Kier molecular flexibility index (Phi) is 5.08. The fourth-order valence-corrected chi connectivity index (χ4v) is 2.11. The molecule has 0 unspecified atom stereocenters. The average Bonchev–Trinajstić information content (AvgIpc) is 2.55. The fourth-order valence-electron chi connectivity index (χ4n) is 1.94. The van der Waals surface area contributed by atoms with E-state index >= 15 is 0 Å². The molecule has 6 nitrogen and oxygen atoms in total. The number of hydrogen-bond acceptors (Lipinski definition) is 4. The second kappa shape index (κ2) is 7.02. The number of hydrogen-bond donors (Lipinski definition) is 2. The van der Waals surface area contributed by atoms with E-state index in [0.29, 0.717) is 11.5 Å². The molecule has 0 heterocycles. The number of carboxylic acids is 1. The molecule has 0 saturated heterocycles. The number of halogens is 1. The number of anilines is 1. The van der Waals surface area contributed by atoms with Crippen LogP contribution in [0.15, 0.2) is 36.4 Å². The number of aromatic carboxylic acids is 1. The fraction of sp³-hybridized carbons (Fsp3) is 0.125. The number of carboxylic acid groups (broad SMARTS) is 1. The van der Waals surface area contributed by atoms with Crippen LogP contribution in [0.25, 0.3) is 0 Å². The Labute approximate surface area is 137 Å². The molecule has 0 fully saturated rings. The Morgan fingerprint density at radius 3 is 2.17 bits per heavy atom. The second-order valence-electron chi connectivity index (χ2n) is 4.55. The summed E-state index contributed by atoms with van der Waals surface area (Å²) in [5.41, 5.74) is 0.321. The van der Waals surface area contributed by atoms with Crippen molar-refractivity contribution in [3.63, 3.8) is 0 Å². The zero-order valence-corrected chi connectivity index (χ0v) is 13.2. The summed E-state index contributed by atoms with van der Waals surface area (Å²) in [7, 11) is 2.94. The maximum absolute atomic E-state index is 12.4. The Hall–Kier alpha value is -2.73. The van der Waals surface area contributed by atoms with E-state index in [1.165, 1.54) is 44.6 Å². The van der Waals surface area contributed by atoms with Crippen LogP contribution in [0, 0.1) is 0 Å². The summed E-state index contributed by atoms with van der Waals surface area (Å²) < 4.78 is 10.2. The molecule has 7 heteroatoms. The lowest BCUT2D eigenvalue weighted by atomic mass is 10.1. The van der Waals surface area contributed by atoms with Gasteiger partial charge in [-0.3, -0.25) is 4.79 Å². The molecular formula is C16H14ClNO5. The molecule has 0 spiro atoms. The van der Waals surface area contributed by atoms with Crippen LogP contribution in [0.1, 0.15) is 20.7 Å². The highest BCUT2D eigenvalue weighted by Crippen LogP contribution is 2.25. The number of carbonyl (C=O) groups excluding carboxylic acids is 1. The summed E-state index contributed by atoms with van der Waals surface area (Å²) in [5, 5.41) is 12.0. The van der Waals surface area contributed by atoms with Crippen LogP contribution in [-0.2, 0) is 0 Å². The first-order valence-corrected chi connectivity index (χ1v) is 6.89. The maximum Gasteiger partial charge on any atom is 0.337 e. The van der Waals surface area contributed by atoms with Crippen molar-refractivity contribution in [1.82, 2.24) is 0 Å². The molecule has 0 aliphatic heterocycles. The number of nitrogens with one attached hydrogen (secondary N) is 1. The van der Waals surface area contributed by atoms with Gasteiger partial charge in [-0.2, -0.15) is 0 Å². The summed E-state index contributed by atoms with van der Waals surface area (Å²) in [6.07, 6.45) is 0. The first kappa shape index (κ1) is 16.6. The summed E-state index contributed by atoms with van der Waals surface area (Å²) in [4.78, 5) is 23.6. The van der Waals surface area contributed by atoms with E-state index in [-0.39, 0.29) is 21.8 Å². The number of carbonyl (C=O) groups is 2. The minimum absolute atomic E-state index is 0.0966. The molecule has 2 N–H and O–H groups in total. The third-order valence-electron chi connectivity index (χ3n) is 3.07. The number of amides is 1. The lowest BCUT2D eigenvalue weighted by Gasteiger charge is -2.11. The summed E-state index contributed by atoms with van der Waals surface area (Å²) in [6.45, 7) is 0. The number of rotatable bonds is 5. The Morgan fingerprint density at radius 2 is 1.65 bits per heavy atom. The van der Waals surface area contributed by atoms with E-state index in [9.17, 15) is 14.7 Å². The molecule has 0 atom stereocenters. The summed E-state index contributed by atoms with van der Waals surface area (Å²) in [6, 6.07) is 8.87. The van der Waals surface area contributed by atoms with Crippen LogP contribution in [0.5, 0.6) is 11.5 Å². The molecule has 2 aromatic rings. The Balaban J connectivity index is 2.34. The van der Waals surface area contributed by atoms with Gasteiger partial charge in [0.15, 0.2) is 0 Å². The van der Waals surface area contributed by atoms with Crippen molar-refractivity contribution >= 4 is 29.2 Å². The van der Waals surface area contributed by atoms with Gasteiger partial charge in [-0.1, -0.05) is 11.6 Å². The summed E-state index contributed by atoms with van der Waals surface area (Å²) >= 11 is 5.78. The van der Waals surface area contributed by atoms with Gasteiger partial charge in [0.25, 0.3) is 5.91 Å². The molecule has 0 aliphatic rings. The van der Waals surface area contributed by atoms with Crippen LogP contribution in [-0.4, -0.2) is 31.2 Å². The zero-order chi connectivity index (χ0) is 17.0. The van der Waals surface area contributed by atoms with Crippen LogP contribution in [0.3, 0.4) is 0 Å². The molecule has 23 heavy (non-hydrogen) atoms. The third kappa shape index (κ3) is 3.92. The minimum atomic E-state index is -1.19. The number of methoxy groups -OCH3 is 2. The highest BCUT2D eigenvalue weighted by molar-refractivity contribution is 6.31. The average molecular weight is 336 g/mol. The molecular weight excluding hydrogens is 322 g/mol. The van der Waals surface area contributed by atoms with Crippen molar-refractivity contribution in [2.45, 2.75) is 0 Å². The number of benzene rings is 2. The molecule has 0 saturated carbocycles. The van der Waals surface area contributed by atoms with E-state index in [4.69, 9.17) is 21.1 Å². The standard InChI is InChI=1S/C16H14ClNO5/c1-22-11-5-9(6-12(8-11)23-2)15(19)18-14-4-3-10(17)7-13(14)16(20)21/h3-8H,1-2H3,(H,18,19)(H,20,21). The lowest BCUT2D eigenvalue weighted by Crippen LogP contribution is -2.15. The normalized spacial score (nSPS) is 10.0. The molecule has 0 aromatic heterocycles. The van der Waals surface area contributed by atoms with Gasteiger partial charge in [-0.25, -0.2) is 4.79 Å². The van der Waals surface area contributed by atoms with Crippen molar-refractivity contribution in [2.75, 3.05) is 19.5 Å². The van der Waals surface area contributed by atoms with Crippen molar-refractivity contribution in [3.05, 3.63) is 52.5 Å². The molecule has 2 aromatic carbocycles. The highest BCUT2D eigenvalue weighted by Gasteiger charge is 2.15. The molecule has 0 radical (unpaired) electrons. The van der Waals surface area contributed by atoms with Gasteiger partial charge in [-0.15, -0.1) is 0 Å². The van der Waals surface area contributed by atoms with E-state index in [0.717, 1.165) is 0 Å². The SMILES string of the molecule is COc1cc(OC)cc(C(=O)Nc2ccc(Cl)cc2C(=O)O)c1. The highest BCUT2D eigenvalue weighted by atomic mass is 35.5. The monoisotopic (exact) mass is 335 g/mol. The Morgan fingerprint density at radius 1 is 1.04 bits per heavy atom. The first-order valence-electron chi connectivity index (χ1n) is 6.52. The van der Waals surface area contributed by atoms with E-state index < -0.39 is 11.9 Å². The molecule has 0 bridgehead atoms. The molecule has 1 amide bonds. The van der Waals surface area contributed by atoms with Gasteiger partial charge in [0, 0.05) is 16.7 Å². The van der Waals surface area contributed by atoms with E-state index in [1.807, 2.05) is 0 Å². The summed E-state index contributed by atoms with van der Waals surface area (Å²) in [5.74, 6) is -0.786. The second-order valence-corrected chi connectivity index (χ2v) is 4.99. The lowest BCUT2D eigenvalue weighted by molar-refractivity contribution is 0.0698. The third-order valence-corrected chi connectivity index (χ3v) is 3.31. The van der Waals surface area contributed by atoms with Gasteiger partial charge < -0.3 is 19.9 Å². The van der Waals surface area contributed by atoms with Crippen molar-refractivity contribution < 1.29 is 24.2 Å². The zero-order valence-electron chi connectivity index (χ0n) is 12.4. The van der Waals surface area contributed by atoms with Gasteiger partial charge in [0.1, 0.15) is 11.5 Å². The molecule has 2 rings (SSSR count). The Bertz CT molecular complexity index is 738. The van der Waals surface area contributed by atoms with Crippen molar-refractivity contribution in [3.8, 4) is 11.5 Å². The largest absolute Gasteiger partial charge is 0.497 e. The van der Waals surface area contributed by atoms with Gasteiger partial charge >= 0.3 is 5.97 Å². The quantitative estimate of drug-likeness (QED) is 0.875. The molecule has 0 aliphatic carbocycles. The predicted octanol–water partition coefficient (Wildman–Crippen LogP) is 3.31. The van der Waals surface area contributed by atoms with Gasteiger partial charge in [0.05, 0.1) is 25.5 Å². The van der Waals surface area contributed by atoms with E-state index in [1.54, 1.807) is 6.07 Å². The van der Waals surface area contributed by atoms with Crippen molar-refractivity contribution in [1.29, 1.82) is 0 Å². The minimum Gasteiger partial charge on any atom is -0.497 e. The number of ether oxygens (including phenoxy) is 2. The van der Waals surface area contributed by atoms with Crippen LogP contribution < -0.4 is 14.8 Å². The predicted molar refractivity (Wildman–Crippen MR) is 85.9 cm³/mol. The van der Waals surface area contributed by atoms with Crippen LogP contribution in [0.2, 0.25) is 5.02 Å². The van der Waals surface area contributed by atoms with Crippen LogP contribution >= 0.6 is 11.6 Å². The maximum atomic E-state index is 12.4. The van der Waals surface area contributed by atoms with Crippen LogP contribution in [0.4, 0.5) is 5.69 Å². The topological polar surface area (TPSA) is 84.9 Å². The van der Waals surface area contributed by atoms with Gasteiger partial charge in [-0.05, 0) is 30.3 Å². The van der Waals surface area contributed by atoms with Crippen molar-refractivity contribution in [2.24, 2.45) is 0 Å². The van der Waals surface area contributed by atoms with Gasteiger partial charge in [0.2, 0.25) is 0 Å². The van der Waals surface area contributed by atoms with E-state index in [2.05, 4.69) is 5.32 Å². The smallest absolute Gasteiger partial charge is 0.337 e. The molecule has 120 valence electrons.